The molecule has 5 rings (SSSR count). The first kappa shape index (κ1) is 16.3. The molecule has 0 aliphatic carbocycles. The van der Waals surface area contributed by atoms with Crippen molar-refractivity contribution in [3.8, 4) is 11.3 Å². The first-order chi connectivity index (χ1) is 13.8. The summed E-state index contributed by atoms with van der Waals surface area (Å²) in [7, 11) is 0. The number of nitrogens with one attached hydrogen (secondary N) is 2. The normalized spacial score (nSPS) is 11.1. The minimum Gasteiger partial charge on any atom is -0.346 e. The molecule has 28 heavy (non-hydrogen) atoms. The molecule has 0 unspecified atom stereocenters. The Labute approximate surface area is 160 Å². The van der Waals surface area contributed by atoms with Gasteiger partial charge in [-0.05, 0) is 22.4 Å². The van der Waals surface area contributed by atoms with E-state index in [1.807, 2.05) is 73.2 Å². The molecule has 0 radical (unpaired) electrons. The maximum atomic E-state index is 12.4. The largest absolute Gasteiger partial charge is 0.346 e. The molecule has 2 N–H and O–H groups in total. The van der Waals surface area contributed by atoms with Gasteiger partial charge in [0.2, 0.25) is 0 Å². The Bertz CT molecular complexity index is 1250. The lowest BCUT2D eigenvalue weighted by Gasteiger charge is -2.07. The summed E-state index contributed by atoms with van der Waals surface area (Å²) in [4.78, 5) is 24.2. The molecule has 0 saturated heterocycles. The average molecular weight is 367 g/mol. The molecule has 6 heteroatoms. The molecule has 0 bridgehead atoms. The second kappa shape index (κ2) is 6.66. The number of hydrogen-bond donors (Lipinski definition) is 2. The van der Waals surface area contributed by atoms with Crippen molar-refractivity contribution in [1.29, 1.82) is 0 Å². The van der Waals surface area contributed by atoms with Crippen LogP contribution in [0.5, 0.6) is 0 Å². The Morgan fingerprint density at radius 2 is 1.71 bits per heavy atom. The Hall–Kier alpha value is -3.93. The van der Waals surface area contributed by atoms with E-state index in [1.54, 1.807) is 10.9 Å². The van der Waals surface area contributed by atoms with Crippen molar-refractivity contribution in [3.05, 3.63) is 85.1 Å². The third-order valence-electron chi connectivity index (χ3n) is 4.81. The molecule has 0 aliphatic heterocycles. The third-order valence-corrected chi connectivity index (χ3v) is 4.81. The van der Waals surface area contributed by atoms with Gasteiger partial charge >= 0.3 is 6.03 Å². The zero-order chi connectivity index (χ0) is 18.9. The smallest absolute Gasteiger partial charge is 0.325 e. The highest BCUT2D eigenvalue weighted by atomic mass is 16.2. The number of hydrogen-bond acceptors (Lipinski definition) is 3. The van der Waals surface area contributed by atoms with Crippen LogP contribution < -0.4 is 5.32 Å². The number of rotatable bonds is 3. The van der Waals surface area contributed by atoms with E-state index in [0.29, 0.717) is 6.54 Å². The summed E-state index contributed by atoms with van der Waals surface area (Å²) in [6.07, 6.45) is 7.09. The highest BCUT2D eigenvalue weighted by Gasteiger charge is 2.08. The van der Waals surface area contributed by atoms with E-state index in [9.17, 15) is 4.79 Å². The van der Waals surface area contributed by atoms with Crippen molar-refractivity contribution in [2.75, 3.05) is 0 Å². The number of aromatic amines is 1. The molecule has 3 aromatic heterocycles. The minimum absolute atomic E-state index is 0.148. The van der Waals surface area contributed by atoms with Gasteiger partial charge < -0.3 is 10.3 Å². The monoisotopic (exact) mass is 367 g/mol. The van der Waals surface area contributed by atoms with E-state index in [4.69, 9.17) is 0 Å². The predicted octanol–water partition coefficient (Wildman–Crippen LogP) is 4.34. The van der Waals surface area contributed by atoms with Gasteiger partial charge in [-0.1, -0.05) is 48.5 Å². The zero-order valence-electron chi connectivity index (χ0n) is 15.0. The van der Waals surface area contributed by atoms with Gasteiger partial charge in [0.05, 0.1) is 5.69 Å². The summed E-state index contributed by atoms with van der Waals surface area (Å²) < 4.78 is 1.59. The number of H-pyrrole nitrogens is 1. The van der Waals surface area contributed by atoms with Gasteiger partial charge in [0.25, 0.3) is 0 Å². The number of aromatic nitrogens is 4. The summed E-state index contributed by atoms with van der Waals surface area (Å²) in [5.74, 6) is 0. The number of carbonyl (C=O) groups excluding carboxylic acids is 1. The first-order valence-electron chi connectivity index (χ1n) is 9.00. The highest BCUT2D eigenvalue weighted by molar-refractivity contribution is 5.90. The minimum atomic E-state index is -0.148. The Morgan fingerprint density at radius 1 is 0.964 bits per heavy atom. The van der Waals surface area contributed by atoms with Gasteiger partial charge in [-0.25, -0.2) is 14.8 Å². The van der Waals surface area contributed by atoms with Crippen LogP contribution in [0.15, 0.2) is 79.5 Å². The lowest BCUT2D eigenvalue weighted by molar-refractivity contribution is 0.242. The van der Waals surface area contributed by atoms with Gasteiger partial charge in [-0.2, -0.15) is 0 Å². The molecule has 3 heterocycles. The number of carbonyl (C=O) groups is 1. The summed E-state index contributed by atoms with van der Waals surface area (Å²) in [5.41, 5.74) is 3.74. The SMILES string of the molecule is O=C(NCc1ccc(-c2ncnc3[nH]ccc23)cc1)n1cc2ccccc2c1. The fourth-order valence-electron chi connectivity index (χ4n) is 3.35. The Balaban J connectivity index is 1.31. The molecule has 1 amide bonds. The van der Waals surface area contributed by atoms with Crippen molar-refractivity contribution in [1.82, 2.24) is 24.8 Å². The molecule has 2 aromatic carbocycles. The standard InChI is InChI=1S/C22H17N5O/c28-22(27-12-17-3-1-2-4-18(17)13-27)24-11-15-5-7-16(8-6-15)20-19-9-10-23-21(19)26-14-25-20/h1-10,12-14H,11H2,(H,24,28)(H,23,25,26). The fraction of sp³-hybridized carbons (Fsp3) is 0.0455. The van der Waals surface area contributed by atoms with Crippen molar-refractivity contribution in [2.45, 2.75) is 6.54 Å². The molecule has 0 fully saturated rings. The lowest BCUT2D eigenvalue weighted by Crippen LogP contribution is -2.26. The van der Waals surface area contributed by atoms with Crippen molar-refractivity contribution in [2.24, 2.45) is 0 Å². The predicted molar refractivity (Wildman–Crippen MR) is 109 cm³/mol. The number of benzene rings is 2. The molecule has 0 spiro atoms. The van der Waals surface area contributed by atoms with Gasteiger partial charge in [0.1, 0.15) is 12.0 Å². The Kier molecular flexibility index (Phi) is 3.87. The van der Waals surface area contributed by atoms with E-state index in [2.05, 4.69) is 20.3 Å². The molecule has 0 aliphatic rings. The molecule has 136 valence electrons. The van der Waals surface area contributed by atoms with Crippen LogP contribution in [0.1, 0.15) is 5.56 Å². The lowest BCUT2D eigenvalue weighted by atomic mass is 10.1. The van der Waals surface area contributed by atoms with E-state index in [-0.39, 0.29) is 6.03 Å². The first-order valence-corrected chi connectivity index (χ1v) is 9.00. The third kappa shape index (κ3) is 2.91. The molecule has 0 saturated carbocycles. The second-order valence-electron chi connectivity index (χ2n) is 6.61. The van der Waals surface area contributed by atoms with Crippen molar-refractivity contribution < 1.29 is 4.79 Å². The summed E-state index contributed by atoms with van der Waals surface area (Å²) >= 11 is 0. The maximum absolute atomic E-state index is 12.4. The summed E-state index contributed by atoms with van der Waals surface area (Å²) in [6, 6.07) is 17.8. The van der Waals surface area contributed by atoms with Gasteiger partial charge in [0, 0.05) is 36.1 Å². The van der Waals surface area contributed by atoms with E-state index in [0.717, 1.165) is 38.6 Å². The van der Waals surface area contributed by atoms with Crippen LogP contribution >= 0.6 is 0 Å². The van der Waals surface area contributed by atoms with Crippen LogP contribution in [0.25, 0.3) is 33.1 Å². The molecular formula is C22H17N5O. The summed E-state index contributed by atoms with van der Waals surface area (Å²) in [5, 5.41) is 6.03. The Morgan fingerprint density at radius 3 is 2.46 bits per heavy atom. The van der Waals surface area contributed by atoms with Crippen LogP contribution in [-0.4, -0.2) is 25.6 Å². The fourth-order valence-corrected chi connectivity index (χ4v) is 3.35. The molecule has 5 aromatic rings. The highest BCUT2D eigenvalue weighted by Crippen LogP contribution is 2.24. The maximum Gasteiger partial charge on any atom is 0.325 e. The van der Waals surface area contributed by atoms with Crippen molar-refractivity contribution >= 4 is 27.8 Å². The van der Waals surface area contributed by atoms with E-state index in [1.165, 1.54) is 0 Å². The van der Waals surface area contributed by atoms with E-state index >= 15 is 0 Å². The van der Waals surface area contributed by atoms with Crippen LogP contribution in [0.2, 0.25) is 0 Å². The summed E-state index contributed by atoms with van der Waals surface area (Å²) in [6.45, 7) is 0.455. The molecular weight excluding hydrogens is 350 g/mol. The number of nitrogens with zero attached hydrogens (tertiary/aromatic N) is 3. The van der Waals surface area contributed by atoms with Gasteiger partial charge in [-0.3, -0.25) is 4.57 Å². The molecule has 6 nitrogen and oxygen atoms in total. The van der Waals surface area contributed by atoms with Crippen molar-refractivity contribution in [3.63, 3.8) is 0 Å². The van der Waals surface area contributed by atoms with Crippen LogP contribution in [-0.2, 0) is 6.54 Å². The van der Waals surface area contributed by atoms with Crippen LogP contribution in [0.3, 0.4) is 0 Å². The topological polar surface area (TPSA) is 75.6 Å². The van der Waals surface area contributed by atoms with Crippen LogP contribution in [0, 0.1) is 0 Å². The van der Waals surface area contributed by atoms with E-state index < -0.39 is 0 Å². The number of fused-ring (bicyclic) bond motifs is 2. The zero-order valence-corrected chi connectivity index (χ0v) is 15.0. The quantitative estimate of drug-likeness (QED) is 0.498. The van der Waals surface area contributed by atoms with Gasteiger partial charge in [0.15, 0.2) is 0 Å². The number of amides is 1. The van der Waals surface area contributed by atoms with Crippen LogP contribution in [0.4, 0.5) is 4.79 Å². The average Bonchev–Trinajstić information content (AvgIpc) is 3.39. The molecule has 0 atom stereocenters. The van der Waals surface area contributed by atoms with Gasteiger partial charge in [-0.15, -0.1) is 0 Å². The second-order valence-corrected chi connectivity index (χ2v) is 6.61.